The molecule has 15 heteroatoms. The van der Waals surface area contributed by atoms with Crippen LogP contribution in [0.15, 0.2) is 34.9 Å². The molecule has 2 heterocycles. The third-order valence-corrected chi connectivity index (χ3v) is 4.12. The zero-order chi connectivity index (χ0) is 23.3. The van der Waals surface area contributed by atoms with Gasteiger partial charge in [0.2, 0.25) is 11.7 Å². The van der Waals surface area contributed by atoms with Crippen molar-refractivity contribution in [2.24, 2.45) is 0 Å². The Kier molecular flexibility index (Phi) is 6.47. The zero-order valence-electron chi connectivity index (χ0n) is 16.5. The minimum atomic E-state index is -0.693. The number of nitro groups is 2. The summed E-state index contributed by atoms with van der Waals surface area (Å²) in [6.45, 7) is 1.47. The lowest BCUT2D eigenvalue weighted by molar-refractivity contribution is -0.389. The van der Waals surface area contributed by atoms with Gasteiger partial charge in [0, 0.05) is 30.8 Å². The average molecular weight is 444 g/mol. The predicted molar refractivity (Wildman–Crippen MR) is 105 cm³/mol. The van der Waals surface area contributed by atoms with Crippen LogP contribution in [-0.2, 0) is 11.3 Å². The molecule has 0 spiro atoms. The van der Waals surface area contributed by atoms with E-state index >= 15 is 0 Å². The molecule has 166 valence electrons. The van der Waals surface area contributed by atoms with Crippen LogP contribution in [0.5, 0.6) is 0 Å². The first-order chi connectivity index (χ1) is 15.2. The van der Waals surface area contributed by atoms with Gasteiger partial charge >= 0.3 is 17.6 Å². The smallest absolute Gasteiger partial charge is 0.358 e. The van der Waals surface area contributed by atoms with Gasteiger partial charge in [-0.3, -0.25) is 19.7 Å². The number of amides is 2. The number of nitrogens with zero attached hydrogens (tertiary/aromatic N) is 6. The molecular weight excluding hydrogens is 428 g/mol. The van der Waals surface area contributed by atoms with Crippen LogP contribution in [0.2, 0.25) is 0 Å². The summed E-state index contributed by atoms with van der Waals surface area (Å²) in [6.07, 6.45) is 0. The molecule has 15 nitrogen and oxygen atoms in total. The highest BCUT2D eigenvalue weighted by atomic mass is 16.6. The van der Waals surface area contributed by atoms with E-state index in [1.165, 1.54) is 35.0 Å². The van der Waals surface area contributed by atoms with E-state index in [1.807, 2.05) is 0 Å². The minimum absolute atomic E-state index is 0.0100. The number of aromatic nitrogens is 4. The quantitative estimate of drug-likeness (QED) is 0.267. The summed E-state index contributed by atoms with van der Waals surface area (Å²) in [4.78, 5) is 48.3. The van der Waals surface area contributed by atoms with Crippen LogP contribution in [0.1, 0.15) is 16.4 Å². The van der Waals surface area contributed by atoms with E-state index < -0.39 is 21.7 Å². The molecule has 32 heavy (non-hydrogen) atoms. The topological polar surface area (TPSA) is 201 Å². The van der Waals surface area contributed by atoms with Gasteiger partial charge in [0.05, 0.1) is 21.8 Å². The summed E-state index contributed by atoms with van der Waals surface area (Å²) < 4.78 is 6.07. The number of carbonyl (C=O) groups is 2. The van der Waals surface area contributed by atoms with Crippen LogP contribution in [0, 0.1) is 27.2 Å². The molecule has 0 aliphatic heterocycles. The van der Waals surface area contributed by atoms with Crippen molar-refractivity contribution in [2.45, 2.75) is 13.5 Å². The molecule has 2 aromatic heterocycles. The predicted octanol–water partition coefficient (Wildman–Crippen LogP) is 0.604. The third-order valence-electron chi connectivity index (χ3n) is 4.12. The maximum absolute atomic E-state index is 12.1. The third kappa shape index (κ3) is 5.26. The van der Waals surface area contributed by atoms with Gasteiger partial charge in [-0.2, -0.15) is 9.67 Å². The number of hydrogen-bond donors (Lipinski definition) is 2. The monoisotopic (exact) mass is 444 g/mol. The van der Waals surface area contributed by atoms with Crippen LogP contribution in [0.25, 0.3) is 11.4 Å². The number of hydrogen-bond acceptors (Lipinski definition) is 10. The molecule has 3 rings (SSSR count). The Labute approximate surface area is 178 Å². The number of rotatable bonds is 9. The fourth-order valence-electron chi connectivity index (χ4n) is 2.58. The van der Waals surface area contributed by atoms with Crippen LogP contribution >= 0.6 is 0 Å². The van der Waals surface area contributed by atoms with Gasteiger partial charge in [-0.15, -0.1) is 0 Å². The second-order valence-corrected chi connectivity index (χ2v) is 6.40. The summed E-state index contributed by atoms with van der Waals surface area (Å²) >= 11 is 0. The van der Waals surface area contributed by atoms with E-state index in [9.17, 15) is 29.8 Å². The van der Waals surface area contributed by atoms with E-state index in [-0.39, 0.29) is 42.9 Å². The molecule has 0 bridgehead atoms. The summed E-state index contributed by atoms with van der Waals surface area (Å²) in [6, 6.07) is 6.79. The second kappa shape index (κ2) is 9.41. The SMILES string of the molecule is Cc1cc([N+](=O)[O-])nn1CC(=O)NCCNC(=O)c1nc(-c2cccc([N+](=O)[O-])c2)no1. The number of nitrogens with one attached hydrogen (secondary N) is 2. The molecule has 0 unspecified atom stereocenters. The molecule has 0 saturated heterocycles. The van der Waals surface area contributed by atoms with Crippen molar-refractivity contribution >= 4 is 23.3 Å². The van der Waals surface area contributed by atoms with Crippen molar-refractivity contribution in [1.82, 2.24) is 30.6 Å². The van der Waals surface area contributed by atoms with Gasteiger partial charge < -0.3 is 25.3 Å². The summed E-state index contributed by atoms with van der Waals surface area (Å²) in [7, 11) is 0. The van der Waals surface area contributed by atoms with Gasteiger partial charge in [0.15, 0.2) is 0 Å². The number of carbonyl (C=O) groups excluding carboxylic acids is 2. The first-order valence-corrected chi connectivity index (χ1v) is 9.07. The highest BCUT2D eigenvalue weighted by Crippen LogP contribution is 2.21. The zero-order valence-corrected chi connectivity index (χ0v) is 16.5. The molecule has 0 atom stereocenters. The van der Waals surface area contributed by atoms with Crippen LogP contribution in [-0.4, -0.2) is 54.7 Å². The number of benzene rings is 1. The van der Waals surface area contributed by atoms with Crippen molar-refractivity contribution < 1.29 is 24.0 Å². The van der Waals surface area contributed by atoms with Crippen LogP contribution in [0.4, 0.5) is 11.5 Å². The van der Waals surface area contributed by atoms with E-state index in [0.717, 1.165) is 0 Å². The molecular formula is C17H16N8O7. The van der Waals surface area contributed by atoms with Crippen molar-refractivity contribution in [2.75, 3.05) is 13.1 Å². The summed E-state index contributed by atoms with van der Waals surface area (Å²) in [5.74, 6) is -1.84. The van der Waals surface area contributed by atoms with E-state index in [2.05, 4.69) is 25.9 Å². The molecule has 0 radical (unpaired) electrons. The number of aryl methyl sites for hydroxylation is 1. The molecule has 2 amide bonds. The Morgan fingerprint density at radius 2 is 1.88 bits per heavy atom. The molecule has 0 saturated carbocycles. The Bertz CT molecular complexity index is 1190. The molecule has 1 aromatic carbocycles. The van der Waals surface area contributed by atoms with Crippen LogP contribution < -0.4 is 10.6 Å². The number of non-ortho nitro benzene ring substituents is 1. The average Bonchev–Trinajstić information content (AvgIpc) is 3.39. The van der Waals surface area contributed by atoms with Gasteiger partial charge in [-0.05, 0) is 11.8 Å². The first-order valence-electron chi connectivity index (χ1n) is 9.07. The maximum atomic E-state index is 12.1. The lowest BCUT2D eigenvalue weighted by Crippen LogP contribution is -2.36. The highest BCUT2D eigenvalue weighted by Gasteiger charge is 2.19. The normalized spacial score (nSPS) is 10.5. The molecule has 0 aliphatic rings. The van der Waals surface area contributed by atoms with Gasteiger partial charge in [-0.1, -0.05) is 17.3 Å². The Hall–Kier alpha value is -4.69. The molecule has 0 aliphatic carbocycles. The Morgan fingerprint density at radius 1 is 1.12 bits per heavy atom. The molecule has 3 aromatic rings. The standard InChI is InChI=1S/C17H16N8O7/c1-10-7-13(25(30)31)21-23(10)9-14(26)18-5-6-19-16(27)17-20-15(22-32-17)11-3-2-4-12(8-11)24(28)29/h2-4,7-8H,5-6,9H2,1H3,(H,18,26)(H,19,27). The lowest BCUT2D eigenvalue weighted by atomic mass is 10.2. The fraction of sp³-hybridized carbons (Fsp3) is 0.235. The second-order valence-electron chi connectivity index (χ2n) is 6.40. The summed E-state index contributed by atoms with van der Waals surface area (Å²) in [5, 5.41) is 33.9. The summed E-state index contributed by atoms with van der Waals surface area (Å²) in [5.41, 5.74) is 0.605. The van der Waals surface area contributed by atoms with Gasteiger partial charge in [0.25, 0.3) is 5.69 Å². The fourth-order valence-corrected chi connectivity index (χ4v) is 2.58. The maximum Gasteiger partial charge on any atom is 0.390 e. The Balaban J connectivity index is 1.47. The van der Waals surface area contributed by atoms with Crippen molar-refractivity contribution in [1.29, 1.82) is 0 Å². The van der Waals surface area contributed by atoms with Crippen molar-refractivity contribution in [3.8, 4) is 11.4 Å². The van der Waals surface area contributed by atoms with Crippen LogP contribution in [0.3, 0.4) is 0 Å². The van der Waals surface area contributed by atoms with E-state index in [0.29, 0.717) is 11.3 Å². The number of nitro benzene ring substituents is 1. The Morgan fingerprint density at radius 3 is 2.56 bits per heavy atom. The first kappa shape index (κ1) is 22.0. The van der Waals surface area contributed by atoms with Gasteiger partial charge in [0.1, 0.15) is 6.54 Å². The lowest BCUT2D eigenvalue weighted by Gasteiger charge is -2.05. The molecule has 0 fully saturated rings. The van der Waals surface area contributed by atoms with Gasteiger partial charge in [-0.25, -0.2) is 0 Å². The highest BCUT2D eigenvalue weighted by molar-refractivity contribution is 5.89. The van der Waals surface area contributed by atoms with E-state index in [4.69, 9.17) is 4.52 Å². The van der Waals surface area contributed by atoms with Crippen molar-refractivity contribution in [3.63, 3.8) is 0 Å². The minimum Gasteiger partial charge on any atom is -0.358 e. The van der Waals surface area contributed by atoms with Crippen molar-refractivity contribution in [3.05, 3.63) is 62.1 Å². The van der Waals surface area contributed by atoms with E-state index in [1.54, 1.807) is 6.92 Å². The largest absolute Gasteiger partial charge is 0.390 e. The molecule has 2 N–H and O–H groups in total.